The SMILES string of the molecule is COc1ccc(Oc2cccc(I)c2)nc1. The number of aromatic nitrogens is 1. The Morgan fingerprint density at radius 3 is 2.62 bits per heavy atom. The summed E-state index contributed by atoms with van der Waals surface area (Å²) in [6.07, 6.45) is 1.63. The van der Waals surface area contributed by atoms with E-state index in [9.17, 15) is 0 Å². The van der Waals surface area contributed by atoms with Crippen molar-refractivity contribution >= 4 is 22.6 Å². The molecule has 0 atom stereocenters. The number of methoxy groups -OCH3 is 1. The first kappa shape index (κ1) is 11.2. The maximum Gasteiger partial charge on any atom is 0.219 e. The lowest BCUT2D eigenvalue weighted by molar-refractivity contribution is 0.407. The van der Waals surface area contributed by atoms with Crippen molar-refractivity contribution < 1.29 is 9.47 Å². The molecule has 0 saturated heterocycles. The van der Waals surface area contributed by atoms with Crippen LogP contribution in [0.3, 0.4) is 0 Å². The molecule has 0 spiro atoms. The highest BCUT2D eigenvalue weighted by molar-refractivity contribution is 14.1. The van der Waals surface area contributed by atoms with Gasteiger partial charge in [-0.2, -0.15) is 0 Å². The lowest BCUT2D eigenvalue weighted by atomic mass is 10.3. The molecule has 0 aliphatic heterocycles. The zero-order valence-corrected chi connectivity index (χ0v) is 10.8. The van der Waals surface area contributed by atoms with Gasteiger partial charge in [-0.3, -0.25) is 0 Å². The van der Waals surface area contributed by atoms with Gasteiger partial charge in [0.25, 0.3) is 0 Å². The second-order valence-corrected chi connectivity index (χ2v) is 4.34. The van der Waals surface area contributed by atoms with Gasteiger partial charge in [0.05, 0.1) is 13.3 Å². The molecule has 0 amide bonds. The molecule has 0 aliphatic carbocycles. The minimum absolute atomic E-state index is 0.558. The Bertz CT molecular complexity index is 471. The van der Waals surface area contributed by atoms with Gasteiger partial charge < -0.3 is 9.47 Å². The molecule has 1 aromatic carbocycles. The Morgan fingerprint density at radius 2 is 2.00 bits per heavy atom. The molecule has 4 heteroatoms. The van der Waals surface area contributed by atoms with Crippen LogP contribution in [0.15, 0.2) is 42.6 Å². The molecule has 16 heavy (non-hydrogen) atoms. The lowest BCUT2D eigenvalue weighted by Gasteiger charge is -2.05. The van der Waals surface area contributed by atoms with Crippen LogP contribution in [0.2, 0.25) is 0 Å². The fourth-order valence-electron chi connectivity index (χ4n) is 1.20. The molecule has 0 fully saturated rings. The van der Waals surface area contributed by atoms with E-state index < -0.39 is 0 Å². The van der Waals surface area contributed by atoms with Gasteiger partial charge >= 0.3 is 0 Å². The van der Waals surface area contributed by atoms with E-state index in [0.29, 0.717) is 5.88 Å². The number of pyridine rings is 1. The van der Waals surface area contributed by atoms with E-state index in [2.05, 4.69) is 27.6 Å². The van der Waals surface area contributed by atoms with E-state index in [-0.39, 0.29) is 0 Å². The van der Waals surface area contributed by atoms with Crippen LogP contribution in [-0.4, -0.2) is 12.1 Å². The molecular formula is C12H10INO2. The molecule has 82 valence electrons. The average molecular weight is 327 g/mol. The van der Waals surface area contributed by atoms with Crippen LogP contribution in [0.1, 0.15) is 0 Å². The zero-order chi connectivity index (χ0) is 11.4. The van der Waals surface area contributed by atoms with Crippen LogP contribution in [0.4, 0.5) is 0 Å². The van der Waals surface area contributed by atoms with Gasteiger partial charge in [0.2, 0.25) is 5.88 Å². The van der Waals surface area contributed by atoms with Crippen LogP contribution < -0.4 is 9.47 Å². The first-order valence-corrected chi connectivity index (χ1v) is 5.79. The second kappa shape index (κ2) is 5.16. The van der Waals surface area contributed by atoms with E-state index in [0.717, 1.165) is 15.1 Å². The smallest absolute Gasteiger partial charge is 0.219 e. The minimum Gasteiger partial charge on any atom is -0.495 e. The molecule has 0 bridgehead atoms. The third kappa shape index (κ3) is 2.85. The largest absolute Gasteiger partial charge is 0.495 e. The number of rotatable bonds is 3. The Morgan fingerprint density at radius 1 is 1.12 bits per heavy atom. The molecule has 1 aromatic heterocycles. The Kier molecular flexibility index (Phi) is 3.61. The van der Waals surface area contributed by atoms with E-state index in [1.165, 1.54) is 0 Å². The number of ether oxygens (including phenoxy) is 2. The van der Waals surface area contributed by atoms with Crippen molar-refractivity contribution in [1.29, 1.82) is 0 Å². The van der Waals surface area contributed by atoms with Crippen molar-refractivity contribution in [3.63, 3.8) is 0 Å². The Hall–Kier alpha value is -1.30. The third-order valence-corrected chi connectivity index (χ3v) is 2.63. The van der Waals surface area contributed by atoms with E-state index in [1.54, 1.807) is 19.4 Å². The molecule has 0 saturated carbocycles. The van der Waals surface area contributed by atoms with Crippen molar-refractivity contribution in [1.82, 2.24) is 4.98 Å². The molecule has 2 aromatic rings. The average Bonchev–Trinajstić information content (AvgIpc) is 2.30. The number of hydrogen-bond donors (Lipinski definition) is 0. The maximum atomic E-state index is 5.59. The predicted molar refractivity (Wildman–Crippen MR) is 70.0 cm³/mol. The summed E-state index contributed by atoms with van der Waals surface area (Å²) in [6, 6.07) is 11.4. The van der Waals surface area contributed by atoms with Gasteiger partial charge in [-0.15, -0.1) is 0 Å². The van der Waals surface area contributed by atoms with Gasteiger partial charge in [0, 0.05) is 9.64 Å². The summed E-state index contributed by atoms with van der Waals surface area (Å²) in [5.41, 5.74) is 0. The Balaban J connectivity index is 2.14. The standard InChI is InChI=1S/C12H10INO2/c1-15-11-5-6-12(14-8-11)16-10-4-2-3-9(13)7-10/h2-8H,1H3. The van der Waals surface area contributed by atoms with Gasteiger partial charge in [-0.05, 0) is 46.9 Å². The zero-order valence-electron chi connectivity index (χ0n) is 8.68. The minimum atomic E-state index is 0.558. The van der Waals surface area contributed by atoms with Crippen molar-refractivity contribution in [2.45, 2.75) is 0 Å². The van der Waals surface area contributed by atoms with E-state index in [1.807, 2.05) is 30.3 Å². The number of nitrogens with zero attached hydrogens (tertiary/aromatic N) is 1. The van der Waals surface area contributed by atoms with Crippen molar-refractivity contribution in [2.24, 2.45) is 0 Å². The first-order valence-electron chi connectivity index (χ1n) is 4.71. The van der Waals surface area contributed by atoms with Crippen LogP contribution >= 0.6 is 22.6 Å². The summed E-state index contributed by atoms with van der Waals surface area (Å²) in [4.78, 5) is 4.12. The monoisotopic (exact) mass is 327 g/mol. The van der Waals surface area contributed by atoms with Gasteiger partial charge in [0.1, 0.15) is 11.5 Å². The molecular weight excluding hydrogens is 317 g/mol. The highest BCUT2D eigenvalue weighted by Gasteiger charge is 1.99. The summed E-state index contributed by atoms with van der Waals surface area (Å²) in [7, 11) is 1.61. The molecule has 1 heterocycles. The first-order chi connectivity index (χ1) is 7.78. The highest BCUT2D eigenvalue weighted by atomic mass is 127. The summed E-state index contributed by atoms with van der Waals surface area (Å²) in [5.74, 6) is 2.06. The van der Waals surface area contributed by atoms with Crippen molar-refractivity contribution in [3.8, 4) is 17.4 Å². The summed E-state index contributed by atoms with van der Waals surface area (Å²) >= 11 is 2.24. The van der Waals surface area contributed by atoms with Crippen LogP contribution in [0.5, 0.6) is 17.4 Å². The predicted octanol–water partition coefficient (Wildman–Crippen LogP) is 3.49. The fraction of sp³-hybridized carbons (Fsp3) is 0.0833. The normalized spacial score (nSPS) is 9.88. The summed E-state index contributed by atoms with van der Waals surface area (Å²) in [5, 5.41) is 0. The summed E-state index contributed by atoms with van der Waals surface area (Å²) < 4.78 is 11.7. The number of benzene rings is 1. The topological polar surface area (TPSA) is 31.4 Å². The summed E-state index contributed by atoms with van der Waals surface area (Å²) in [6.45, 7) is 0. The molecule has 0 radical (unpaired) electrons. The van der Waals surface area contributed by atoms with Gasteiger partial charge in [-0.1, -0.05) is 6.07 Å². The van der Waals surface area contributed by atoms with Crippen LogP contribution in [-0.2, 0) is 0 Å². The van der Waals surface area contributed by atoms with Crippen LogP contribution in [0.25, 0.3) is 0 Å². The molecule has 0 aliphatic rings. The maximum absolute atomic E-state index is 5.59. The second-order valence-electron chi connectivity index (χ2n) is 3.10. The number of hydrogen-bond acceptors (Lipinski definition) is 3. The lowest BCUT2D eigenvalue weighted by Crippen LogP contribution is -1.89. The third-order valence-electron chi connectivity index (χ3n) is 1.96. The van der Waals surface area contributed by atoms with Gasteiger partial charge in [-0.25, -0.2) is 4.98 Å². The van der Waals surface area contributed by atoms with E-state index >= 15 is 0 Å². The molecule has 3 nitrogen and oxygen atoms in total. The number of halogens is 1. The van der Waals surface area contributed by atoms with Crippen molar-refractivity contribution in [3.05, 3.63) is 46.2 Å². The molecule has 0 unspecified atom stereocenters. The molecule has 2 rings (SSSR count). The Labute approximate surface area is 108 Å². The van der Waals surface area contributed by atoms with Gasteiger partial charge in [0.15, 0.2) is 0 Å². The fourth-order valence-corrected chi connectivity index (χ4v) is 1.71. The van der Waals surface area contributed by atoms with E-state index in [4.69, 9.17) is 9.47 Å². The quantitative estimate of drug-likeness (QED) is 0.809. The highest BCUT2D eigenvalue weighted by Crippen LogP contribution is 2.22. The van der Waals surface area contributed by atoms with Crippen LogP contribution in [0, 0.1) is 3.57 Å². The molecule has 0 N–H and O–H groups in total. The van der Waals surface area contributed by atoms with Crippen molar-refractivity contribution in [2.75, 3.05) is 7.11 Å².